The van der Waals surface area contributed by atoms with Crippen LogP contribution in [0.4, 0.5) is 0 Å². The fourth-order valence-corrected chi connectivity index (χ4v) is 2.73. The Morgan fingerprint density at radius 3 is 2.68 bits per heavy atom. The number of hydrogen-bond acceptors (Lipinski definition) is 4. The Hall–Kier alpha value is -1.59. The maximum absolute atomic E-state index is 11.9. The van der Waals surface area contributed by atoms with Crippen LogP contribution in [0.1, 0.15) is 19.8 Å². The number of carbonyl (C=O) groups excluding carboxylic acids is 1. The molecule has 1 aromatic carbocycles. The van der Waals surface area contributed by atoms with Gasteiger partial charge in [0.15, 0.2) is 0 Å². The normalized spacial score (nSPS) is 17.9. The summed E-state index contributed by atoms with van der Waals surface area (Å²) < 4.78 is 5.53. The van der Waals surface area contributed by atoms with Gasteiger partial charge in [0.2, 0.25) is 5.91 Å². The van der Waals surface area contributed by atoms with Gasteiger partial charge in [0, 0.05) is 0 Å². The van der Waals surface area contributed by atoms with Crippen LogP contribution in [-0.2, 0) is 4.79 Å². The fourth-order valence-electron chi connectivity index (χ4n) is 2.73. The predicted octanol–water partition coefficient (Wildman–Crippen LogP) is 1.27. The van der Waals surface area contributed by atoms with Gasteiger partial charge in [-0.05, 0) is 50.9 Å². The second-order valence-electron chi connectivity index (χ2n) is 5.87. The summed E-state index contributed by atoms with van der Waals surface area (Å²) in [7, 11) is 0. The summed E-state index contributed by atoms with van der Waals surface area (Å²) in [6.07, 6.45) is 1.68. The summed E-state index contributed by atoms with van der Waals surface area (Å²) in [6, 6.07) is 9.58. The lowest BCUT2D eigenvalue weighted by atomic mass is 9.92. The number of amides is 1. The molecule has 0 radical (unpaired) electrons. The second-order valence-corrected chi connectivity index (χ2v) is 5.87. The first kappa shape index (κ1) is 16.8. The quantitative estimate of drug-likeness (QED) is 0.745. The highest BCUT2D eigenvalue weighted by molar-refractivity contribution is 5.78. The van der Waals surface area contributed by atoms with Gasteiger partial charge in [0.25, 0.3) is 0 Å². The molecule has 0 aliphatic carbocycles. The number of para-hydroxylation sites is 1. The van der Waals surface area contributed by atoms with E-state index in [0.717, 1.165) is 31.7 Å². The Morgan fingerprint density at radius 1 is 1.36 bits per heavy atom. The molecule has 5 nitrogen and oxygen atoms in total. The van der Waals surface area contributed by atoms with Crippen molar-refractivity contribution in [2.45, 2.75) is 25.9 Å². The van der Waals surface area contributed by atoms with Crippen LogP contribution in [-0.4, -0.2) is 54.8 Å². The number of nitrogens with one attached hydrogen (secondary N) is 1. The molecule has 22 heavy (non-hydrogen) atoms. The molecule has 0 unspecified atom stereocenters. The molecule has 0 aromatic heterocycles. The van der Waals surface area contributed by atoms with Crippen molar-refractivity contribution in [2.24, 2.45) is 5.92 Å². The molecule has 0 saturated carbocycles. The number of hydrogen-bond donors (Lipinski definition) is 2. The van der Waals surface area contributed by atoms with Crippen LogP contribution in [0.25, 0.3) is 0 Å². The number of aliphatic hydroxyl groups is 1. The summed E-state index contributed by atoms with van der Waals surface area (Å²) >= 11 is 0. The van der Waals surface area contributed by atoms with E-state index in [9.17, 15) is 9.90 Å². The van der Waals surface area contributed by atoms with Gasteiger partial charge in [-0.25, -0.2) is 0 Å². The van der Waals surface area contributed by atoms with E-state index in [0.29, 0.717) is 25.6 Å². The number of benzene rings is 1. The van der Waals surface area contributed by atoms with Crippen molar-refractivity contribution in [3.63, 3.8) is 0 Å². The van der Waals surface area contributed by atoms with E-state index in [1.165, 1.54) is 0 Å². The first-order valence-corrected chi connectivity index (χ1v) is 8.00. The summed E-state index contributed by atoms with van der Waals surface area (Å²) in [6.45, 7) is 5.02. The van der Waals surface area contributed by atoms with Gasteiger partial charge in [0.1, 0.15) is 12.4 Å². The topological polar surface area (TPSA) is 61.8 Å². The van der Waals surface area contributed by atoms with E-state index in [4.69, 9.17) is 4.74 Å². The molecule has 1 aliphatic heterocycles. The molecule has 0 spiro atoms. The summed E-state index contributed by atoms with van der Waals surface area (Å²) in [4.78, 5) is 14.0. The zero-order valence-corrected chi connectivity index (χ0v) is 13.2. The zero-order chi connectivity index (χ0) is 15.8. The van der Waals surface area contributed by atoms with E-state index >= 15 is 0 Å². The molecule has 1 aromatic rings. The van der Waals surface area contributed by atoms with Crippen LogP contribution in [0, 0.1) is 5.92 Å². The van der Waals surface area contributed by atoms with Gasteiger partial charge in [0.05, 0.1) is 19.2 Å². The van der Waals surface area contributed by atoms with Crippen LogP contribution in [0.5, 0.6) is 5.75 Å². The van der Waals surface area contributed by atoms with E-state index in [1.807, 2.05) is 37.3 Å². The smallest absolute Gasteiger partial charge is 0.234 e. The number of aliphatic hydroxyl groups excluding tert-OH is 1. The van der Waals surface area contributed by atoms with Crippen molar-refractivity contribution in [3.05, 3.63) is 30.3 Å². The molecular weight excluding hydrogens is 280 g/mol. The maximum atomic E-state index is 11.9. The fraction of sp³-hybridized carbons (Fsp3) is 0.588. The molecule has 1 aliphatic rings. The van der Waals surface area contributed by atoms with E-state index in [-0.39, 0.29) is 12.0 Å². The molecule has 0 bridgehead atoms. The molecule has 1 fully saturated rings. The van der Waals surface area contributed by atoms with Crippen molar-refractivity contribution in [3.8, 4) is 5.75 Å². The number of likely N-dealkylation sites (tertiary alicyclic amines) is 1. The molecule has 2 N–H and O–H groups in total. The molecular formula is C17H26N2O3. The van der Waals surface area contributed by atoms with Crippen molar-refractivity contribution in [1.29, 1.82) is 0 Å². The molecule has 1 heterocycles. The third-order valence-electron chi connectivity index (χ3n) is 4.12. The monoisotopic (exact) mass is 306 g/mol. The highest BCUT2D eigenvalue weighted by Gasteiger charge is 2.23. The first-order chi connectivity index (χ1) is 10.6. The largest absolute Gasteiger partial charge is 0.492 e. The third kappa shape index (κ3) is 5.66. The second kappa shape index (κ2) is 8.76. The van der Waals surface area contributed by atoms with Gasteiger partial charge in [-0.15, -0.1) is 0 Å². The van der Waals surface area contributed by atoms with E-state index in [1.54, 1.807) is 0 Å². The van der Waals surface area contributed by atoms with Crippen LogP contribution >= 0.6 is 0 Å². The van der Waals surface area contributed by atoms with Gasteiger partial charge in [-0.1, -0.05) is 18.2 Å². The van der Waals surface area contributed by atoms with Crippen molar-refractivity contribution in [1.82, 2.24) is 10.2 Å². The highest BCUT2D eigenvalue weighted by atomic mass is 16.5. The van der Waals surface area contributed by atoms with Crippen molar-refractivity contribution >= 4 is 5.91 Å². The summed E-state index contributed by atoms with van der Waals surface area (Å²) in [5.74, 6) is 1.22. The Kier molecular flexibility index (Phi) is 6.68. The number of rotatable bonds is 7. The Bertz CT molecular complexity index is 442. The summed E-state index contributed by atoms with van der Waals surface area (Å²) in [5, 5.41) is 12.5. The van der Waals surface area contributed by atoms with Gasteiger partial charge in [-0.3, -0.25) is 9.69 Å². The van der Waals surface area contributed by atoms with Crippen LogP contribution in [0.15, 0.2) is 30.3 Å². The minimum atomic E-state index is -0.244. The standard InChI is InChI=1S/C17H26N2O3/c1-14(20)15-7-10-19(11-8-15)13-17(21)18-9-12-22-16-5-3-2-4-6-16/h2-6,14-15,20H,7-13H2,1H3,(H,18,21)/t14-/m1/s1. The lowest BCUT2D eigenvalue weighted by Crippen LogP contribution is -2.43. The number of ether oxygens (including phenoxy) is 1. The van der Waals surface area contributed by atoms with Crippen LogP contribution in [0.3, 0.4) is 0 Å². The number of carbonyl (C=O) groups is 1. The first-order valence-electron chi connectivity index (χ1n) is 8.00. The Balaban J connectivity index is 1.57. The highest BCUT2D eigenvalue weighted by Crippen LogP contribution is 2.20. The average Bonchev–Trinajstić information content (AvgIpc) is 2.53. The van der Waals surface area contributed by atoms with Crippen LogP contribution in [0.2, 0.25) is 0 Å². The molecule has 2 rings (SSSR count). The number of nitrogens with zero attached hydrogens (tertiary/aromatic N) is 1. The average molecular weight is 306 g/mol. The van der Waals surface area contributed by atoms with Gasteiger partial charge in [-0.2, -0.15) is 0 Å². The van der Waals surface area contributed by atoms with Crippen LogP contribution < -0.4 is 10.1 Å². The molecule has 122 valence electrons. The third-order valence-corrected chi connectivity index (χ3v) is 4.12. The minimum Gasteiger partial charge on any atom is -0.492 e. The lowest BCUT2D eigenvalue weighted by Gasteiger charge is -2.32. The Morgan fingerprint density at radius 2 is 2.05 bits per heavy atom. The van der Waals surface area contributed by atoms with Crippen molar-refractivity contribution in [2.75, 3.05) is 32.8 Å². The Labute approximate surface area is 132 Å². The van der Waals surface area contributed by atoms with E-state index < -0.39 is 0 Å². The van der Waals surface area contributed by atoms with E-state index in [2.05, 4.69) is 10.2 Å². The molecule has 1 saturated heterocycles. The number of piperidine rings is 1. The maximum Gasteiger partial charge on any atom is 0.234 e. The summed E-state index contributed by atoms with van der Waals surface area (Å²) in [5.41, 5.74) is 0. The van der Waals surface area contributed by atoms with Crippen molar-refractivity contribution < 1.29 is 14.6 Å². The zero-order valence-electron chi connectivity index (χ0n) is 13.2. The van der Waals surface area contributed by atoms with Gasteiger partial charge < -0.3 is 15.2 Å². The predicted molar refractivity (Wildman–Crippen MR) is 85.8 cm³/mol. The molecule has 1 atom stereocenters. The molecule has 5 heteroatoms. The van der Waals surface area contributed by atoms with Gasteiger partial charge >= 0.3 is 0 Å². The SMILES string of the molecule is C[C@@H](O)C1CCN(CC(=O)NCCOc2ccccc2)CC1. The minimum absolute atomic E-state index is 0.0344. The lowest BCUT2D eigenvalue weighted by molar-refractivity contribution is -0.122. The molecule has 1 amide bonds.